The van der Waals surface area contributed by atoms with Gasteiger partial charge in [0.05, 0.1) is 38.1 Å². The van der Waals surface area contributed by atoms with Crippen LogP contribution in [0.5, 0.6) is 11.5 Å². The van der Waals surface area contributed by atoms with E-state index in [0.29, 0.717) is 34.9 Å². The lowest BCUT2D eigenvalue weighted by atomic mass is 9.95. The first-order valence-electron chi connectivity index (χ1n) is 10.1. The maximum atomic E-state index is 13.5. The molecule has 7 nitrogen and oxygen atoms in total. The van der Waals surface area contributed by atoms with Crippen molar-refractivity contribution in [3.63, 3.8) is 0 Å². The number of benzene rings is 2. The van der Waals surface area contributed by atoms with Crippen molar-refractivity contribution in [2.45, 2.75) is 12.6 Å². The number of carbonyl (C=O) groups is 2. The summed E-state index contributed by atoms with van der Waals surface area (Å²) >= 11 is 0. The minimum atomic E-state index is -0.659. The van der Waals surface area contributed by atoms with Gasteiger partial charge in [-0.2, -0.15) is 0 Å². The molecule has 2 aromatic carbocycles. The van der Waals surface area contributed by atoms with Crippen LogP contribution < -0.4 is 14.8 Å². The van der Waals surface area contributed by atoms with E-state index in [1.165, 1.54) is 17.0 Å². The first-order chi connectivity index (χ1) is 15.4. The van der Waals surface area contributed by atoms with Gasteiger partial charge in [0, 0.05) is 19.2 Å². The number of methoxy groups -OCH3 is 2. The maximum Gasteiger partial charge on any atom is 0.322 e. The summed E-state index contributed by atoms with van der Waals surface area (Å²) in [5.74, 6) is 0.582. The highest BCUT2D eigenvalue weighted by molar-refractivity contribution is 6.01. The van der Waals surface area contributed by atoms with E-state index in [1.54, 1.807) is 55.5 Å². The van der Waals surface area contributed by atoms with Crippen LogP contribution >= 0.6 is 0 Å². The second-order valence-electron chi connectivity index (χ2n) is 7.58. The Bertz CT molecular complexity index is 1070. The zero-order valence-electron chi connectivity index (χ0n) is 17.9. The van der Waals surface area contributed by atoms with Gasteiger partial charge in [0.15, 0.2) is 0 Å². The topological polar surface area (TPSA) is 71.1 Å². The lowest BCUT2D eigenvalue weighted by Crippen LogP contribution is -2.47. The van der Waals surface area contributed by atoms with Gasteiger partial charge in [0.2, 0.25) is 0 Å². The smallest absolute Gasteiger partial charge is 0.322 e. The Morgan fingerprint density at radius 3 is 2.38 bits per heavy atom. The molecule has 0 aromatic heterocycles. The van der Waals surface area contributed by atoms with Crippen molar-refractivity contribution >= 4 is 11.9 Å². The number of carbonyl (C=O) groups excluding carboxylic acids is 2. The number of nitrogens with zero attached hydrogens (tertiary/aromatic N) is 2. The van der Waals surface area contributed by atoms with E-state index in [9.17, 15) is 14.0 Å². The maximum absolute atomic E-state index is 13.5. The van der Waals surface area contributed by atoms with Crippen LogP contribution in [0, 0.1) is 5.82 Å². The largest absolute Gasteiger partial charge is 0.497 e. The number of ether oxygens (including phenoxy) is 2. The zero-order chi connectivity index (χ0) is 22.8. The molecule has 32 heavy (non-hydrogen) atoms. The Morgan fingerprint density at radius 2 is 1.78 bits per heavy atom. The van der Waals surface area contributed by atoms with E-state index in [-0.39, 0.29) is 30.8 Å². The molecule has 0 saturated carbocycles. The lowest BCUT2D eigenvalue weighted by molar-refractivity contribution is -0.126. The molecule has 0 radical (unpaired) electrons. The van der Waals surface area contributed by atoms with Gasteiger partial charge in [0.1, 0.15) is 17.3 Å². The molecule has 0 bridgehead atoms. The summed E-state index contributed by atoms with van der Waals surface area (Å²) in [6.45, 7) is 4.57. The molecule has 0 aliphatic carbocycles. The fraction of sp³-hybridized carbons (Fsp3) is 0.250. The van der Waals surface area contributed by atoms with Crippen molar-refractivity contribution in [1.29, 1.82) is 0 Å². The number of rotatable bonds is 7. The number of urea groups is 1. The Hall–Kier alpha value is -3.81. The number of hydrogen-bond acceptors (Lipinski definition) is 4. The third kappa shape index (κ3) is 3.91. The van der Waals surface area contributed by atoms with Crippen LogP contribution in [0.2, 0.25) is 0 Å². The number of amides is 3. The molecule has 2 aliphatic heterocycles. The normalized spacial score (nSPS) is 17.9. The van der Waals surface area contributed by atoms with E-state index < -0.39 is 6.04 Å². The molecule has 2 aliphatic rings. The molecule has 3 amide bonds. The van der Waals surface area contributed by atoms with Crippen molar-refractivity contribution < 1.29 is 23.5 Å². The highest BCUT2D eigenvalue weighted by Gasteiger charge is 2.43. The Balaban J connectivity index is 1.73. The van der Waals surface area contributed by atoms with Crippen LogP contribution in [0.4, 0.5) is 9.18 Å². The minimum Gasteiger partial charge on any atom is -0.497 e. The Kier molecular flexibility index (Phi) is 5.85. The second kappa shape index (κ2) is 8.74. The summed E-state index contributed by atoms with van der Waals surface area (Å²) in [5.41, 5.74) is 2.60. The lowest BCUT2D eigenvalue weighted by Gasteiger charge is -2.33. The van der Waals surface area contributed by atoms with Crippen molar-refractivity contribution in [1.82, 2.24) is 15.1 Å². The highest BCUT2D eigenvalue weighted by Crippen LogP contribution is 2.39. The molecule has 2 heterocycles. The third-order valence-electron chi connectivity index (χ3n) is 5.60. The minimum absolute atomic E-state index is 0.190. The van der Waals surface area contributed by atoms with E-state index in [0.717, 1.165) is 5.56 Å². The highest BCUT2D eigenvalue weighted by atomic mass is 19.1. The summed E-state index contributed by atoms with van der Waals surface area (Å²) in [7, 11) is 3.08. The molecular weight excluding hydrogens is 413 g/mol. The molecule has 2 aromatic rings. The molecule has 8 heteroatoms. The first kappa shape index (κ1) is 21.4. The number of nitrogens with one attached hydrogen (secondary N) is 1. The predicted octanol–water partition coefficient (Wildman–Crippen LogP) is 3.39. The van der Waals surface area contributed by atoms with Crippen LogP contribution in [0.25, 0.3) is 0 Å². The van der Waals surface area contributed by atoms with Crippen molar-refractivity contribution in [2.24, 2.45) is 0 Å². The molecule has 0 unspecified atom stereocenters. The SMILES string of the molecule is C=CCN1C(=O)N[C@@H](c2cc(OC)cc(OC)c2)C2=C1CN(Cc1ccc(F)cc1)C2=O. The molecule has 1 N–H and O–H groups in total. The van der Waals surface area contributed by atoms with Gasteiger partial charge in [-0.25, -0.2) is 9.18 Å². The van der Waals surface area contributed by atoms with Crippen LogP contribution in [0.15, 0.2) is 66.4 Å². The van der Waals surface area contributed by atoms with Gasteiger partial charge in [-0.3, -0.25) is 9.69 Å². The molecule has 0 spiro atoms. The van der Waals surface area contributed by atoms with Crippen LogP contribution in [-0.4, -0.2) is 49.0 Å². The zero-order valence-corrected chi connectivity index (χ0v) is 17.9. The van der Waals surface area contributed by atoms with Crippen molar-refractivity contribution in [3.8, 4) is 11.5 Å². The summed E-state index contributed by atoms with van der Waals surface area (Å²) in [6.07, 6.45) is 1.62. The quantitative estimate of drug-likeness (QED) is 0.674. The molecule has 4 rings (SSSR count). The van der Waals surface area contributed by atoms with Crippen LogP contribution in [-0.2, 0) is 11.3 Å². The van der Waals surface area contributed by atoms with Crippen molar-refractivity contribution in [2.75, 3.05) is 27.3 Å². The van der Waals surface area contributed by atoms with Gasteiger partial charge >= 0.3 is 6.03 Å². The van der Waals surface area contributed by atoms with E-state index >= 15 is 0 Å². The fourth-order valence-corrected chi connectivity index (χ4v) is 4.05. The standard InChI is InChI=1S/C24H24FN3O4/c1-4-9-28-20-14-27(13-15-5-7-17(25)8-6-15)23(29)21(20)22(26-24(28)30)16-10-18(31-2)12-19(11-16)32-3/h4-8,10-12,22H,1,9,13-14H2,2-3H3,(H,26,30)/t22-/m0/s1. The molecule has 0 fully saturated rings. The average molecular weight is 437 g/mol. The van der Waals surface area contributed by atoms with Crippen LogP contribution in [0.1, 0.15) is 17.2 Å². The van der Waals surface area contributed by atoms with Gasteiger partial charge in [-0.05, 0) is 35.4 Å². The Morgan fingerprint density at radius 1 is 1.12 bits per heavy atom. The van der Waals surface area contributed by atoms with Gasteiger partial charge in [-0.15, -0.1) is 6.58 Å². The average Bonchev–Trinajstić information content (AvgIpc) is 3.12. The Labute approximate surface area is 185 Å². The fourth-order valence-electron chi connectivity index (χ4n) is 4.05. The van der Waals surface area contributed by atoms with Crippen LogP contribution in [0.3, 0.4) is 0 Å². The van der Waals surface area contributed by atoms with E-state index in [1.807, 2.05) is 0 Å². The van der Waals surface area contributed by atoms with E-state index in [2.05, 4.69) is 11.9 Å². The summed E-state index contributed by atoms with van der Waals surface area (Å²) in [5, 5.41) is 2.94. The summed E-state index contributed by atoms with van der Waals surface area (Å²) < 4.78 is 24.0. The molecular formula is C24H24FN3O4. The van der Waals surface area contributed by atoms with Crippen molar-refractivity contribution in [3.05, 3.63) is 83.3 Å². The third-order valence-corrected chi connectivity index (χ3v) is 5.60. The second-order valence-corrected chi connectivity index (χ2v) is 7.58. The van der Waals surface area contributed by atoms with Gasteiger partial charge in [-0.1, -0.05) is 18.2 Å². The predicted molar refractivity (Wildman–Crippen MR) is 117 cm³/mol. The summed E-state index contributed by atoms with van der Waals surface area (Å²) in [4.78, 5) is 29.6. The molecule has 1 atom stereocenters. The van der Waals surface area contributed by atoms with Gasteiger partial charge in [0.25, 0.3) is 5.91 Å². The molecule has 0 saturated heterocycles. The number of halogens is 1. The first-order valence-corrected chi connectivity index (χ1v) is 10.1. The summed E-state index contributed by atoms with van der Waals surface area (Å²) in [6, 6.07) is 10.3. The van der Waals surface area contributed by atoms with E-state index in [4.69, 9.17) is 9.47 Å². The van der Waals surface area contributed by atoms with Gasteiger partial charge < -0.3 is 19.7 Å². The monoisotopic (exact) mass is 437 g/mol. The number of hydrogen-bond donors (Lipinski definition) is 1. The molecule has 166 valence electrons.